The van der Waals surface area contributed by atoms with Gasteiger partial charge in [0.25, 0.3) is 0 Å². The summed E-state index contributed by atoms with van der Waals surface area (Å²) in [7, 11) is 0. The first-order valence-corrected chi connectivity index (χ1v) is 6.56. The van der Waals surface area contributed by atoms with E-state index in [1.165, 1.54) is 0 Å². The van der Waals surface area contributed by atoms with Crippen molar-refractivity contribution in [3.05, 3.63) is 0 Å². The molecule has 1 aliphatic heterocycles. The zero-order valence-corrected chi connectivity index (χ0v) is 11.8. The largest absolute Gasteiger partial charge is 0.374 e. The monoisotopic (exact) mass is 256 g/mol. The van der Waals surface area contributed by atoms with Gasteiger partial charge in [-0.1, -0.05) is 13.3 Å². The first-order chi connectivity index (χ1) is 8.35. The lowest BCUT2D eigenvalue weighted by molar-refractivity contribution is -0.147. The molecule has 0 bridgehead atoms. The summed E-state index contributed by atoms with van der Waals surface area (Å²) in [6.45, 7) is 8.98. The summed E-state index contributed by atoms with van der Waals surface area (Å²) in [5.41, 5.74) is -0.221. The summed E-state index contributed by atoms with van der Waals surface area (Å²) < 4.78 is 5.62. The summed E-state index contributed by atoms with van der Waals surface area (Å²) in [5.74, 6) is -0.0715. The van der Waals surface area contributed by atoms with Crippen molar-refractivity contribution in [1.82, 2.24) is 10.2 Å². The van der Waals surface area contributed by atoms with E-state index in [1.54, 1.807) is 4.90 Å². The second-order valence-electron chi connectivity index (χ2n) is 5.57. The van der Waals surface area contributed by atoms with Crippen molar-refractivity contribution in [3.8, 4) is 0 Å². The number of nitrogens with zero attached hydrogens (tertiary/aromatic N) is 1. The van der Waals surface area contributed by atoms with Crippen molar-refractivity contribution in [2.24, 2.45) is 0 Å². The SMILES string of the molecule is CCCC1C(=O)NCC(=O)N1CCOC(C)(C)C. The molecule has 0 aliphatic carbocycles. The van der Waals surface area contributed by atoms with Crippen molar-refractivity contribution < 1.29 is 14.3 Å². The maximum absolute atomic E-state index is 11.8. The van der Waals surface area contributed by atoms with Gasteiger partial charge in [-0.3, -0.25) is 9.59 Å². The Kier molecular flexibility index (Phi) is 5.14. The van der Waals surface area contributed by atoms with Crippen LogP contribution in [0.25, 0.3) is 0 Å². The molecule has 0 spiro atoms. The maximum atomic E-state index is 11.8. The van der Waals surface area contributed by atoms with Crippen LogP contribution in [0.2, 0.25) is 0 Å². The Morgan fingerprint density at radius 2 is 2.06 bits per heavy atom. The minimum absolute atomic E-state index is 0.0226. The predicted molar refractivity (Wildman–Crippen MR) is 69.1 cm³/mol. The van der Waals surface area contributed by atoms with Gasteiger partial charge in [-0.05, 0) is 27.2 Å². The number of ether oxygens (including phenoxy) is 1. The van der Waals surface area contributed by atoms with Crippen LogP contribution < -0.4 is 5.32 Å². The van der Waals surface area contributed by atoms with E-state index in [1.807, 2.05) is 27.7 Å². The zero-order valence-electron chi connectivity index (χ0n) is 11.8. The molecule has 18 heavy (non-hydrogen) atoms. The lowest BCUT2D eigenvalue weighted by Crippen LogP contribution is -2.59. The van der Waals surface area contributed by atoms with Crippen LogP contribution in [0.3, 0.4) is 0 Å². The van der Waals surface area contributed by atoms with Crippen LogP contribution in [-0.4, -0.2) is 48.1 Å². The number of nitrogens with one attached hydrogen (secondary N) is 1. The normalized spacial score (nSPS) is 21.1. The molecule has 1 unspecified atom stereocenters. The molecule has 1 aliphatic rings. The smallest absolute Gasteiger partial charge is 0.243 e. The van der Waals surface area contributed by atoms with Crippen LogP contribution in [0.4, 0.5) is 0 Å². The van der Waals surface area contributed by atoms with Gasteiger partial charge in [0, 0.05) is 6.54 Å². The summed E-state index contributed by atoms with van der Waals surface area (Å²) in [5, 5.41) is 2.63. The van der Waals surface area contributed by atoms with Crippen molar-refractivity contribution in [3.63, 3.8) is 0 Å². The summed E-state index contributed by atoms with van der Waals surface area (Å²) in [6, 6.07) is -0.334. The van der Waals surface area contributed by atoms with E-state index < -0.39 is 0 Å². The molecule has 0 aromatic rings. The molecule has 5 nitrogen and oxygen atoms in total. The lowest BCUT2D eigenvalue weighted by atomic mass is 10.1. The molecule has 1 N–H and O–H groups in total. The Morgan fingerprint density at radius 3 is 2.61 bits per heavy atom. The fraction of sp³-hybridized carbons (Fsp3) is 0.846. The highest BCUT2D eigenvalue weighted by Gasteiger charge is 2.33. The van der Waals surface area contributed by atoms with Gasteiger partial charge in [0.05, 0.1) is 18.8 Å². The highest BCUT2D eigenvalue weighted by molar-refractivity contribution is 5.94. The number of carbonyl (C=O) groups excluding carboxylic acids is 2. The molecule has 1 heterocycles. The van der Waals surface area contributed by atoms with E-state index in [2.05, 4.69) is 5.32 Å². The Morgan fingerprint density at radius 1 is 1.39 bits per heavy atom. The topological polar surface area (TPSA) is 58.6 Å². The van der Waals surface area contributed by atoms with Gasteiger partial charge in [-0.15, -0.1) is 0 Å². The van der Waals surface area contributed by atoms with Crippen LogP contribution in [-0.2, 0) is 14.3 Å². The first kappa shape index (κ1) is 15.0. The Balaban J connectivity index is 2.57. The molecule has 5 heteroatoms. The van der Waals surface area contributed by atoms with Gasteiger partial charge in [-0.25, -0.2) is 0 Å². The molecule has 1 saturated heterocycles. The third kappa shape index (κ3) is 4.29. The number of amides is 2. The fourth-order valence-corrected chi connectivity index (χ4v) is 1.99. The van der Waals surface area contributed by atoms with Gasteiger partial charge >= 0.3 is 0 Å². The van der Waals surface area contributed by atoms with E-state index in [0.717, 1.165) is 6.42 Å². The average molecular weight is 256 g/mol. The number of hydrogen-bond acceptors (Lipinski definition) is 3. The Labute approximate surface area is 109 Å². The molecule has 0 saturated carbocycles. The predicted octanol–water partition coefficient (Wildman–Crippen LogP) is 0.929. The number of hydrogen-bond donors (Lipinski definition) is 1. The van der Waals surface area contributed by atoms with E-state index in [9.17, 15) is 9.59 Å². The van der Waals surface area contributed by atoms with E-state index in [4.69, 9.17) is 4.74 Å². The Bertz CT molecular complexity index is 310. The van der Waals surface area contributed by atoms with E-state index >= 15 is 0 Å². The molecular weight excluding hydrogens is 232 g/mol. The van der Waals surface area contributed by atoms with Crippen LogP contribution in [0.1, 0.15) is 40.5 Å². The van der Waals surface area contributed by atoms with Crippen LogP contribution >= 0.6 is 0 Å². The third-order valence-electron chi connectivity index (χ3n) is 2.84. The third-order valence-corrected chi connectivity index (χ3v) is 2.84. The van der Waals surface area contributed by atoms with Crippen LogP contribution in [0.15, 0.2) is 0 Å². The fourth-order valence-electron chi connectivity index (χ4n) is 1.99. The number of rotatable bonds is 5. The average Bonchev–Trinajstić information content (AvgIpc) is 2.26. The van der Waals surface area contributed by atoms with Crippen molar-refractivity contribution in [2.45, 2.75) is 52.2 Å². The van der Waals surface area contributed by atoms with Gasteiger partial charge in [-0.2, -0.15) is 0 Å². The molecule has 0 aromatic carbocycles. The molecule has 1 fully saturated rings. The highest BCUT2D eigenvalue weighted by atomic mass is 16.5. The molecule has 0 radical (unpaired) electrons. The molecule has 1 rings (SSSR count). The van der Waals surface area contributed by atoms with Gasteiger partial charge in [0.15, 0.2) is 0 Å². The Hall–Kier alpha value is -1.10. The van der Waals surface area contributed by atoms with Crippen molar-refractivity contribution in [2.75, 3.05) is 19.7 Å². The lowest BCUT2D eigenvalue weighted by Gasteiger charge is -2.35. The van der Waals surface area contributed by atoms with Gasteiger partial charge in [0.2, 0.25) is 11.8 Å². The van der Waals surface area contributed by atoms with Crippen molar-refractivity contribution >= 4 is 11.8 Å². The molecule has 2 amide bonds. The highest BCUT2D eigenvalue weighted by Crippen LogP contribution is 2.13. The molecular formula is C13H24N2O3. The van der Waals surface area contributed by atoms with E-state index in [-0.39, 0.29) is 30.0 Å². The summed E-state index contributed by atoms with van der Waals surface area (Å²) in [6.07, 6.45) is 1.58. The quantitative estimate of drug-likeness (QED) is 0.796. The number of carbonyl (C=O) groups is 2. The minimum Gasteiger partial charge on any atom is -0.374 e. The van der Waals surface area contributed by atoms with Crippen LogP contribution in [0.5, 0.6) is 0 Å². The molecule has 0 aromatic heterocycles. The van der Waals surface area contributed by atoms with Gasteiger partial charge in [0.1, 0.15) is 6.04 Å². The standard InChI is InChI=1S/C13H24N2O3/c1-5-6-10-12(17)14-9-11(16)15(10)7-8-18-13(2,3)4/h10H,5-9H2,1-4H3,(H,14,17). The van der Waals surface area contributed by atoms with Crippen LogP contribution in [0, 0.1) is 0 Å². The first-order valence-electron chi connectivity index (χ1n) is 6.56. The second kappa shape index (κ2) is 6.18. The summed E-state index contributed by atoms with van der Waals surface area (Å²) >= 11 is 0. The van der Waals surface area contributed by atoms with E-state index in [0.29, 0.717) is 19.6 Å². The zero-order chi connectivity index (χ0) is 13.8. The van der Waals surface area contributed by atoms with Gasteiger partial charge < -0.3 is 15.0 Å². The minimum atomic E-state index is -0.334. The molecule has 1 atom stereocenters. The number of piperazine rings is 1. The molecule has 104 valence electrons. The summed E-state index contributed by atoms with van der Waals surface area (Å²) in [4.78, 5) is 25.2. The van der Waals surface area contributed by atoms with Crippen molar-refractivity contribution in [1.29, 1.82) is 0 Å². The maximum Gasteiger partial charge on any atom is 0.243 e. The second-order valence-corrected chi connectivity index (χ2v) is 5.57.